The van der Waals surface area contributed by atoms with E-state index in [0.29, 0.717) is 6.67 Å². The summed E-state index contributed by atoms with van der Waals surface area (Å²) in [5.74, 6) is 0.851. The molecule has 96 valence electrons. The van der Waals surface area contributed by atoms with Gasteiger partial charge in [0.05, 0.1) is 11.4 Å². The maximum absolute atomic E-state index is 4.62. The van der Waals surface area contributed by atoms with Crippen molar-refractivity contribution in [3.05, 3.63) is 54.0 Å². The van der Waals surface area contributed by atoms with Crippen LogP contribution in [0.3, 0.4) is 0 Å². The Morgan fingerprint density at radius 1 is 1.05 bits per heavy atom. The summed E-state index contributed by atoms with van der Waals surface area (Å²) < 4.78 is 0. The van der Waals surface area contributed by atoms with E-state index in [1.807, 2.05) is 30.5 Å². The van der Waals surface area contributed by atoms with Crippen LogP contribution in [0.2, 0.25) is 0 Å². The number of aliphatic imine (C=N–C) groups is 1. The van der Waals surface area contributed by atoms with Gasteiger partial charge in [-0.1, -0.05) is 12.1 Å². The van der Waals surface area contributed by atoms with E-state index < -0.39 is 0 Å². The minimum atomic E-state index is 0.544. The van der Waals surface area contributed by atoms with Crippen LogP contribution in [0.25, 0.3) is 0 Å². The second-order valence-corrected chi connectivity index (χ2v) is 4.52. The molecular weight excluding hydrogens is 236 g/mol. The Labute approximate surface area is 112 Å². The number of fused-ring (bicyclic) bond motifs is 1. The smallest absolute Gasteiger partial charge is 0.127 e. The molecule has 2 aromatic heterocycles. The van der Waals surface area contributed by atoms with Crippen LogP contribution in [0.4, 0.5) is 5.82 Å². The third-order valence-corrected chi connectivity index (χ3v) is 3.22. The number of nitrogens with one attached hydrogen (secondary N) is 1. The summed E-state index contributed by atoms with van der Waals surface area (Å²) in [7, 11) is 0. The van der Waals surface area contributed by atoms with Gasteiger partial charge in [0.2, 0.25) is 0 Å². The molecule has 0 atom stereocenters. The molecule has 4 heteroatoms. The van der Waals surface area contributed by atoms with Crippen LogP contribution in [-0.2, 0) is 6.42 Å². The molecule has 0 saturated carbocycles. The van der Waals surface area contributed by atoms with Gasteiger partial charge in [-0.25, -0.2) is 4.98 Å². The van der Waals surface area contributed by atoms with Crippen molar-refractivity contribution in [3.8, 4) is 0 Å². The highest BCUT2D eigenvalue weighted by Gasteiger charge is 2.15. The van der Waals surface area contributed by atoms with Crippen LogP contribution in [0.5, 0.6) is 0 Å². The van der Waals surface area contributed by atoms with Gasteiger partial charge < -0.3 is 5.32 Å². The first-order chi connectivity index (χ1) is 9.43. The van der Waals surface area contributed by atoms with Gasteiger partial charge >= 0.3 is 0 Å². The summed E-state index contributed by atoms with van der Waals surface area (Å²) in [6, 6.07) is 9.93. The first-order valence-electron chi connectivity index (χ1n) is 6.56. The molecule has 4 nitrogen and oxygen atoms in total. The fourth-order valence-corrected chi connectivity index (χ4v) is 2.30. The van der Waals surface area contributed by atoms with Gasteiger partial charge in [0.1, 0.15) is 12.5 Å². The van der Waals surface area contributed by atoms with E-state index in [-0.39, 0.29) is 0 Å². The van der Waals surface area contributed by atoms with Crippen LogP contribution >= 0.6 is 0 Å². The molecule has 1 N–H and O–H groups in total. The molecule has 0 radical (unpaired) electrons. The lowest BCUT2D eigenvalue weighted by Gasteiger charge is -2.16. The number of pyridine rings is 2. The van der Waals surface area contributed by atoms with Crippen LogP contribution < -0.4 is 5.32 Å². The standard InChI is InChI=1S/C15H16N4/c1-2-9-16-14(8-1)19-11-18-13-7-3-5-12-6-4-10-17-15(12)13/h1-2,4,6,8-10H,3,5,7,11H2,(H,16,19). The van der Waals surface area contributed by atoms with Crippen molar-refractivity contribution >= 4 is 11.5 Å². The summed E-state index contributed by atoms with van der Waals surface area (Å²) >= 11 is 0. The fraction of sp³-hybridized carbons (Fsp3) is 0.267. The molecule has 0 spiro atoms. The number of aromatic nitrogens is 2. The highest BCUT2D eigenvalue weighted by atomic mass is 15.1. The zero-order valence-corrected chi connectivity index (χ0v) is 10.7. The maximum atomic E-state index is 4.62. The molecule has 19 heavy (non-hydrogen) atoms. The van der Waals surface area contributed by atoms with Crippen LogP contribution in [-0.4, -0.2) is 22.3 Å². The average Bonchev–Trinajstić information content (AvgIpc) is 2.49. The van der Waals surface area contributed by atoms with Gasteiger partial charge in [-0.3, -0.25) is 9.98 Å². The molecule has 1 aliphatic rings. The SMILES string of the molecule is c1ccc(NCN=C2CCCc3cccnc32)nc1. The molecule has 1 aliphatic carbocycles. The van der Waals surface area contributed by atoms with Crippen molar-refractivity contribution in [1.29, 1.82) is 0 Å². The van der Waals surface area contributed by atoms with Crippen molar-refractivity contribution in [2.45, 2.75) is 19.3 Å². The van der Waals surface area contributed by atoms with Gasteiger partial charge in [0, 0.05) is 12.4 Å². The molecule has 0 amide bonds. The molecule has 0 bridgehead atoms. The van der Waals surface area contributed by atoms with Gasteiger partial charge in [-0.15, -0.1) is 0 Å². The minimum absolute atomic E-state index is 0.544. The van der Waals surface area contributed by atoms with Crippen molar-refractivity contribution in [3.63, 3.8) is 0 Å². The van der Waals surface area contributed by atoms with E-state index in [4.69, 9.17) is 0 Å². The van der Waals surface area contributed by atoms with Crippen molar-refractivity contribution in [2.24, 2.45) is 4.99 Å². The Morgan fingerprint density at radius 3 is 2.89 bits per heavy atom. The van der Waals surface area contributed by atoms with Gasteiger partial charge in [0.15, 0.2) is 0 Å². The predicted molar refractivity (Wildman–Crippen MR) is 76.4 cm³/mol. The topological polar surface area (TPSA) is 50.2 Å². The molecule has 0 aromatic carbocycles. The molecule has 2 aromatic rings. The third-order valence-electron chi connectivity index (χ3n) is 3.22. The molecular formula is C15H16N4. The summed E-state index contributed by atoms with van der Waals surface area (Å²) in [4.78, 5) is 13.3. The molecule has 3 rings (SSSR count). The number of hydrogen-bond donors (Lipinski definition) is 1. The number of aryl methyl sites for hydroxylation is 1. The lowest BCUT2D eigenvalue weighted by atomic mass is 9.94. The number of nitrogens with zero attached hydrogens (tertiary/aromatic N) is 3. The largest absolute Gasteiger partial charge is 0.351 e. The molecule has 0 aliphatic heterocycles. The van der Waals surface area contributed by atoms with Gasteiger partial charge in [-0.05, 0) is 43.0 Å². The monoisotopic (exact) mass is 252 g/mol. The Morgan fingerprint density at radius 2 is 2.00 bits per heavy atom. The summed E-state index contributed by atoms with van der Waals surface area (Å²) in [6.45, 7) is 0.544. The van der Waals surface area contributed by atoms with E-state index in [0.717, 1.165) is 36.5 Å². The lowest BCUT2D eigenvalue weighted by molar-refractivity contribution is 0.821. The molecule has 0 saturated heterocycles. The van der Waals surface area contributed by atoms with Crippen LogP contribution in [0.15, 0.2) is 47.7 Å². The second kappa shape index (κ2) is 5.61. The van der Waals surface area contributed by atoms with E-state index in [1.54, 1.807) is 6.20 Å². The van der Waals surface area contributed by atoms with Crippen LogP contribution in [0, 0.1) is 0 Å². The van der Waals surface area contributed by atoms with Crippen molar-refractivity contribution in [2.75, 3.05) is 12.0 Å². The van der Waals surface area contributed by atoms with Crippen LogP contribution in [0.1, 0.15) is 24.1 Å². The zero-order valence-electron chi connectivity index (χ0n) is 10.7. The minimum Gasteiger partial charge on any atom is -0.351 e. The summed E-state index contributed by atoms with van der Waals surface area (Å²) in [5.41, 5.74) is 3.48. The Bertz CT molecular complexity index is 578. The quantitative estimate of drug-likeness (QED) is 0.913. The third kappa shape index (κ3) is 2.78. The molecule has 0 fully saturated rings. The Hall–Kier alpha value is -2.23. The fourth-order valence-electron chi connectivity index (χ4n) is 2.30. The number of anilines is 1. The van der Waals surface area contributed by atoms with E-state index in [1.165, 1.54) is 5.56 Å². The predicted octanol–water partition coefficient (Wildman–Crippen LogP) is 2.67. The summed E-state index contributed by atoms with van der Waals surface area (Å²) in [6.07, 6.45) is 6.88. The van der Waals surface area contributed by atoms with Gasteiger partial charge in [0.25, 0.3) is 0 Å². The zero-order chi connectivity index (χ0) is 12.9. The van der Waals surface area contributed by atoms with E-state index in [9.17, 15) is 0 Å². The first-order valence-corrected chi connectivity index (χ1v) is 6.56. The summed E-state index contributed by atoms with van der Waals surface area (Å²) in [5, 5.41) is 3.20. The Kier molecular flexibility index (Phi) is 3.49. The van der Waals surface area contributed by atoms with Gasteiger partial charge in [-0.2, -0.15) is 0 Å². The highest BCUT2D eigenvalue weighted by molar-refractivity contribution is 6.01. The molecule has 0 unspecified atom stereocenters. The molecule has 2 heterocycles. The van der Waals surface area contributed by atoms with Crippen molar-refractivity contribution < 1.29 is 0 Å². The van der Waals surface area contributed by atoms with E-state index in [2.05, 4.69) is 26.3 Å². The average molecular weight is 252 g/mol. The first kappa shape index (κ1) is 11.8. The van der Waals surface area contributed by atoms with E-state index >= 15 is 0 Å². The number of rotatable bonds is 3. The highest BCUT2D eigenvalue weighted by Crippen LogP contribution is 2.19. The normalized spacial score (nSPS) is 16.1. The lowest BCUT2D eigenvalue weighted by Crippen LogP contribution is -2.15. The number of hydrogen-bond acceptors (Lipinski definition) is 4. The second-order valence-electron chi connectivity index (χ2n) is 4.52. The maximum Gasteiger partial charge on any atom is 0.127 e. The van der Waals surface area contributed by atoms with Crippen molar-refractivity contribution in [1.82, 2.24) is 9.97 Å². The Balaban J connectivity index is 1.71.